The predicted molar refractivity (Wildman–Crippen MR) is 123 cm³/mol. The van der Waals surface area contributed by atoms with Crippen LogP contribution in [-0.4, -0.2) is 47.8 Å². The number of rotatable bonds is 7. The van der Waals surface area contributed by atoms with E-state index in [9.17, 15) is 18.8 Å². The summed E-state index contributed by atoms with van der Waals surface area (Å²) in [6.45, 7) is 0.541. The van der Waals surface area contributed by atoms with E-state index < -0.39 is 6.04 Å². The lowest BCUT2D eigenvalue weighted by Gasteiger charge is -2.33. The molecule has 0 aromatic heterocycles. The minimum Gasteiger partial charge on any atom is -0.354 e. The van der Waals surface area contributed by atoms with E-state index in [4.69, 9.17) is 0 Å². The molecule has 7 heteroatoms. The fourth-order valence-corrected chi connectivity index (χ4v) is 5.12. The van der Waals surface area contributed by atoms with Crippen LogP contribution in [0.3, 0.4) is 0 Å². The van der Waals surface area contributed by atoms with E-state index in [0.717, 1.165) is 25.7 Å². The standard InChI is InChI=1S/C26H30FN3O3/c27-21-11-6-7-18(15-21)16-24(31)28-13-14-29-25(32)23-17-20-10-4-5-12-22(20)30(23)26(33)19-8-2-1-3-9-19/h1-3,6-9,11,15,20,22-23H,4-5,10,12-14,16-17H2,(H,28,31)(H,29,32). The highest BCUT2D eigenvalue weighted by Gasteiger charge is 2.47. The molecule has 1 saturated carbocycles. The van der Waals surface area contributed by atoms with Crippen LogP contribution in [0.5, 0.6) is 0 Å². The van der Waals surface area contributed by atoms with Crippen molar-refractivity contribution in [3.8, 4) is 0 Å². The molecular weight excluding hydrogens is 421 g/mol. The van der Waals surface area contributed by atoms with E-state index in [2.05, 4.69) is 10.6 Å². The van der Waals surface area contributed by atoms with Gasteiger partial charge in [0.1, 0.15) is 11.9 Å². The molecule has 0 spiro atoms. The molecule has 4 rings (SSSR count). The molecule has 2 aromatic rings. The van der Waals surface area contributed by atoms with Crippen LogP contribution in [0.15, 0.2) is 54.6 Å². The van der Waals surface area contributed by atoms with Gasteiger partial charge in [-0.15, -0.1) is 0 Å². The molecular formula is C26H30FN3O3. The van der Waals surface area contributed by atoms with E-state index in [1.165, 1.54) is 12.1 Å². The number of likely N-dealkylation sites (tertiary alicyclic amines) is 1. The maximum absolute atomic E-state index is 13.3. The van der Waals surface area contributed by atoms with Crippen molar-refractivity contribution in [3.05, 3.63) is 71.5 Å². The number of benzene rings is 2. The third-order valence-corrected chi connectivity index (χ3v) is 6.65. The molecule has 3 unspecified atom stereocenters. The second-order valence-corrected chi connectivity index (χ2v) is 8.89. The van der Waals surface area contributed by atoms with Gasteiger partial charge in [-0.3, -0.25) is 14.4 Å². The molecule has 3 amide bonds. The summed E-state index contributed by atoms with van der Waals surface area (Å²) in [5.74, 6) is -0.517. The molecule has 33 heavy (non-hydrogen) atoms. The first-order chi connectivity index (χ1) is 16.0. The van der Waals surface area contributed by atoms with E-state index >= 15 is 0 Å². The van der Waals surface area contributed by atoms with Crippen molar-refractivity contribution in [2.45, 2.75) is 50.6 Å². The van der Waals surface area contributed by atoms with Gasteiger partial charge in [-0.05, 0) is 55.0 Å². The van der Waals surface area contributed by atoms with Crippen molar-refractivity contribution in [2.24, 2.45) is 5.92 Å². The lowest BCUT2D eigenvalue weighted by Crippen LogP contribution is -2.50. The number of amides is 3. The summed E-state index contributed by atoms with van der Waals surface area (Å²) in [6, 6.07) is 14.7. The maximum Gasteiger partial charge on any atom is 0.254 e. The minimum absolute atomic E-state index is 0.0804. The molecule has 2 fully saturated rings. The van der Waals surface area contributed by atoms with Crippen molar-refractivity contribution in [1.82, 2.24) is 15.5 Å². The Morgan fingerprint density at radius 1 is 0.939 bits per heavy atom. The molecule has 174 valence electrons. The van der Waals surface area contributed by atoms with E-state index in [0.29, 0.717) is 23.5 Å². The Morgan fingerprint density at radius 2 is 1.70 bits per heavy atom. The smallest absolute Gasteiger partial charge is 0.254 e. The normalized spacial score (nSPS) is 21.8. The van der Waals surface area contributed by atoms with Gasteiger partial charge in [-0.2, -0.15) is 0 Å². The van der Waals surface area contributed by atoms with Crippen molar-refractivity contribution >= 4 is 17.7 Å². The molecule has 1 saturated heterocycles. The second-order valence-electron chi connectivity index (χ2n) is 8.89. The quantitative estimate of drug-likeness (QED) is 0.635. The molecule has 2 N–H and O–H groups in total. The molecule has 1 aliphatic heterocycles. The number of nitrogens with zero attached hydrogens (tertiary/aromatic N) is 1. The van der Waals surface area contributed by atoms with Gasteiger partial charge in [-0.25, -0.2) is 4.39 Å². The molecule has 1 aliphatic carbocycles. The van der Waals surface area contributed by atoms with Crippen LogP contribution in [0.25, 0.3) is 0 Å². The first kappa shape index (κ1) is 23.0. The first-order valence-electron chi connectivity index (χ1n) is 11.7. The largest absolute Gasteiger partial charge is 0.354 e. The number of hydrogen-bond acceptors (Lipinski definition) is 3. The van der Waals surface area contributed by atoms with Gasteiger partial charge in [0.05, 0.1) is 6.42 Å². The van der Waals surface area contributed by atoms with Crippen molar-refractivity contribution in [2.75, 3.05) is 13.1 Å². The number of carbonyl (C=O) groups is 3. The number of fused-ring (bicyclic) bond motifs is 1. The molecule has 0 radical (unpaired) electrons. The van der Waals surface area contributed by atoms with Crippen LogP contribution in [0.1, 0.15) is 48.0 Å². The predicted octanol–water partition coefficient (Wildman–Crippen LogP) is 3.07. The van der Waals surface area contributed by atoms with Crippen molar-refractivity contribution in [1.29, 1.82) is 0 Å². The summed E-state index contributed by atoms with van der Waals surface area (Å²) in [5, 5.41) is 5.64. The molecule has 2 aromatic carbocycles. The Balaban J connectivity index is 1.32. The monoisotopic (exact) mass is 451 g/mol. The topological polar surface area (TPSA) is 78.5 Å². The third-order valence-electron chi connectivity index (χ3n) is 6.65. The number of halogens is 1. The van der Waals surface area contributed by atoms with Crippen LogP contribution in [0.4, 0.5) is 4.39 Å². The molecule has 1 heterocycles. The Hall–Kier alpha value is -3.22. The third kappa shape index (κ3) is 5.59. The van der Waals surface area contributed by atoms with Gasteiger partial charge in [0, 0.05) is 24.7 Å². The first-order valence-corrected chi connectivity index (χ1v) is 11.7. The Kier molecular flexibility index (Phi) is 7.37. The highest BCUT2D eigenvalue weighted by Crippen LogP contribution is 2.40. The lowest BCUT2D eigenvalue weighted by atomic mass is 9.84. The van der Waals surface area contributed by atoms with Crippen molar-refractivity contribution < 1.29 is 18.8 Å². The van der Waals surface area contributed by atoms with Gasteiger partial charge in [0.25, 0.3) is 5.91 Å². The van der Waals surface area contributed by atoms with Crippen molar-refractivity contribution in [3.63, 3.8) is 0 Å². The number of carbonyl (C=O) groups excluding carboxylic acids is 3. The average molecular weight is 452 g/mol. The fourth-order valence-electron chi connectivity index (χ4n) is 5.12. The van der Waals surface area contributed by atoms with Crippen LogP contribution in [0, 0.1) is 11.7 Å². The van der Waals surface area contributed by atoms with Gasteiger partial charge < -0.3 is 15.5 Å². The van der Waals surface area contributed by atoms with Gasteiger partial charge >= 0.3 is 0 Å². The summed E-state index contributed by atoms with van der Waals surface area (Å²) >= 11 is 0. The van der Waals surface area contributed by atoms with Gasteiger partial charge in [0.2, 0.25) is 11.8 Å². The van der Waals surface area contributed by atoms with Gasteiger partial charge in [0.15, 0.2) is 0 Å². The minimum atomic E-state index is -0.492. The summed E-state index contributed by atoms with van der Waals surface area (Å²) in [7, 11) is 0. The molecule has 3 atom stereocenters. The zero-order valence-corrected chi connectivity index (χ0v) is 18.6. The van der Waals surface area contributed by atoms with Gasteiger partial charge in [-0.1, -0.05) is 43.2 Å². The summed E-state index contributed by atoms with van der Waals surface area (Å²) < 4.78 is 13.3. The van der Waals surface area contributed by atoms with Crippen LogP contribution < -0.4 is 10.6 Å². The molecule has 0 bridgehead atoms. The summed E-state index contributed by atoms with van der Waals surface area (Å²) in [6.07, 6.45) is 4.95. The Bertz CT molecular complexity index is 997. The van der Waals surface area contributed by atoms with E-state index in [1.54, 1.807) is 29.2 Å². The average Bonchev–Trinajstić information content (AvgIpc) is 3.21. The van der Waals surface area contributed by atoms with Crippen LogP contribution in [-0.2, 0) is 16.0 Å². The highest BCUT2D eigenvalue weighted by atomic mass is 19.1. The molecule has 2 aliphatic rings. The summed E-state index contributed by atoms with van der Waals surface area (Å²) in [4.78, 5) is 40.2. The van der Waals surface area contributed by atoms with Crippen LogP contribution in [0.2, 0.25) is 0 Å². The van der Waals surface area contributed by atoms with E-state index in [1.807, 2.05) is 18.2 Å². The maximum atomic E-state index is 13.3. The fraction of sp³-hybridized carbons (Fsp3) is 0.423. The van der Waals surface area contributed by atoms with Crippen LogP contribution >= 0.6 is 0 Å². The Morgan fingerprint density at radius 3 is 2.48 bits per heavy atom. The number of nitrogens with one attached hydrogen (secondary N) is 2. The Labute approximate surface area is 193 Å². The second kappa shape index (κ2) is 10.6. The summed E-state index contributed by atoms with van der Waals surface area (Å²) in [5.41, 5.74) is 1.20. The molecule has 6 nitrogen and oxygen atoms in total. The zero-order chi connectivity index (χ0) is 23.2. The SMILES string of the molecule is O=C(Cc1cccc(F)c1)NCCNC(=O)C1CC2CCCCC2N1C(=O)c1ccccc1. The lowest BCUT2D eigenvalue weighted by molar-refractivity contribution is -0.125. The highest BCUT2D eigenvalue weighted by molar-refractivity contribution is 5.98. The zero-order valence-electron chi connectivity index (χ0n) is 18.6. The number of hydrogen-bond donors (Lipinski definition) is 2. The van der Waals surface area contributed by atoms with E-state index in [-0.39, 0.29) is 49.1 Å².